The van der Waals surface area contributed by atoms with E-state index in [1.165, 1.54) is 0 Å². The van der Waals surface area contributed by atoms with Crippen molar-refractivity contribution in [3.8, 4) is 0 Å². The summed E-state index contributed by atoms with van der Waals surface area (Å²) in [4.78, 5) is 3.88. The molecule has 0 amide bonds. The van der Waals surface area contributed by atoms with Crippen molar-refractivity contribution in [2.24, 2.45) is 0 Å². The number of aliphatic hydroxyl groups excluding tert-OH is 1. The van der Waals surface area contributed by atoms with Gasteiger partial charge < -0.3 is 5.11 Å². The minimum atomic E-state index is -0.167. The third kappa shape index (κ3) is 6.96. The van der Waals surface area contributed by atoms with E-state index in [2.05, 4.69) is 11.6 Å². The molecule has 0 aliphatic rings. The average Bonchev–Trinajstić information content (AvgIpc) is 2.05. The first-order chi connectivity index (χ1) is 5.66. The molecule has 0 saturated carbocycles. The second-order valence-corrected chi connectivity index (χ2v) is 2.58. The number of rotatable bonds is 1. The van der Waals surface area contributed by atoms with E-state index in [1.807, 2.05) is 12.1 Å². The highest BCUT2D eigenvalue weighted by atomic mass is 16.3. The summed E-state index contributed by atoms with van der Waals surface area (Å²) in [5.41, 5.74) is 1.06. The predicted molar refractivity (Wildman–Crippen MR) is 51.7 cm³/mol. The molecule has 2 heteroatoms. The van der Waals surface area contributed by atoms with Gasteiger partial charge in [-0.2, -0.15) is 0 Å². The van der Waals surface area contributed by atoms with Crippen molar-refractivity contribution in [1.29, 1.82) is 0 Å². The van der Waals surface area contributed by atoms with Gasteiger partial charge in [0.05, 0.1) is 0 Å². The number of pyridine rings is 1. The number of hydrogen-bond donors (Lipinski definition) is 1. The zero-order valence-corrected chi connectivity index (χ0v) is 7.57. The average molecular weight is 165 g/mol. The Kier molecular flexibility index (Phi) is 5.93. The van der Waals surface area contributed by atoms with E-state index in [9.17, 15) is 0 Å². The molecule has 0 aliphatic heterocycles. The van der Waals surface area contributed by atoms with Crippen LogP contribution in [0.4, 0.5) is 0 Å². The standard InChI is InChI=1S/C7H7N.C3H8O/c1-2-7-4-3-5-8-6-7;1-3(2)4/h2-6H,1H2;3-4H,1-2H3. The van der Waals surface area contributed by atoms with Gasteiger partial charge >= 0.3 is 0 Å². The first-order valence-electron chi connectivity index (χ1n) is 3.87. The Morgan fingerprint density at radius 1 is 1.58 bits per heavy atom. The summed E-state index contributed by atoms with van der Waals surface area (Å²) in [6.45, 7) is 7.04. The summed E-state index contributed by atoms with van der Waals surface area (Å²) in [5, 5.41) is 8.06. The van der Waals surface area contributed by atoms with E-state index < -0.39 is 0 Å². The monoisotopic (exact) mass is 165 g/mol. The Labute approximate surface area is 73.6 Å². The summed E-state index contributed by atoms with van der Waals surface area (Å²) >= 11 is 0. The Morgan fingerprint density at radius 3 is 2.42 bits per heavy atom. The molecule has 0 saturated heterocycles. The largest absolute Gasteiger partial charge is 0.394 e. The summed E-state index contributed by atoms with van der Waals surface area (Å²) in [6, 6.07) is 3.84. The Bertz CT molecular complexity index is 204. The van der Waals surface area contributed by atoms with E-state index in [-0.39, 0.29) is 6.10 Å². The number of aromatic nitrogens is 1. The fourth-order valence-corrected chi connectivity index (χ4v) is 0.497. The molecule has 1 N–H and O–H groups in total. The molecule has 0 aliphatic carbocycles. The van der Waals surface area contributed by atoms with Gasteiger partial charge in [-0.05, 0) is 25.5 Å². The van der Waals surface area contributed by atoms with Crippen molar-refractivity contribution in [2.45, 2.75) is 20.0 Å². The molecule has 0 unspecified atom stereocenters. The quantitative estimate of drug-likeness (QED) is 0.691. The summed E-state index contributed by atoms with van der Waals surface area (Å²) in [5.74, 6) is 0. The molecule has 2 nitrogen and oxygen atoms in total. The predicted octanol–water partition coefficient (Wildman–Crippen LogP) is 2.11. The Morgan fingerprint density at radius 2 is 2.17 bits per heavy atom. The van der Waals surface area contributed by atoms with Crippen molar-refractivity contribution in [3.05, 3.63) is 36.7 Å². The maximum absolute atomic E-state index is 8.06. The van der Waals surface area contributed by atoms with E-state index in [1.54, 1.807) is 32.3 Å². The zero-order chi connectivity index (χ0) is 9.40. The van der Waals surface area contributed by atoms with Crippen molar-refractivity contribution in [2.75, 3.05) is 0 Å². The minimum Gasteiger partial charge on any atom is -0.394 e. The lowest BCUT2D eigenvalue weighted by Crippen LogP contribution is -1.85. The van der Waals surface area contributed by atoms with Crippen LogP contribution in [0.15, 0.2) is 31.1 Å². The smallest absolute Gasteiger partial charge is 0.0483 e. The molecule has 1 aromatic heterocycles. The number of nitrogens with zero attached hydrogens (tertiary/aromatic N) is 1. The van der Waals surface area contributed by atoms with Gasteiger partial charge in [-0.1, -0.05) is 18.7 Å². The van der Waals surface area contributed by atoms with Crippen molar-refractivity contribution in [1.82, 2.24) is 4.98 Å². The Balaban J connectivity index is 0.000000261. The highest BCUT2D eigenvalue weighted by Crippen LogP contribution is 1.94. The van der Waals surface area contributed by atoms with E-state index in [0.29, 0.717) is 0 Å². The highest BCUT2D eigenvalue weighted by Gasteiger charge is 1.77. The van der Waals surface area contributed by atoms with Crippen LogP contribution in [-0.2, 0) is 0 Å². The van der Waals surface area contributed by atoms with Crippen LogP contribution >= 0.6 is 0 Å². The lowest BCUT2D eigenvalue weighted by Gasteiger charge is -1.84. The summed E-state index contributed by atoms with van der Waals surface area (Å²) in [6.07, 6.45) is 5.12. The molecule has 66 valence electrons. The lowest BCUT2D eigenvalue weighted by atomic mass is 10.3. The second kappa shape index (κ2) is 6.55. The fraction of sp³-hybridized carbons (Fsp3) is 0.300. The van der Waals surface area contributed by atoms with Crippen LogP contribution in [0.5, 0.6) is 0 Å². The molecule has 12 heavy (non-hydrogen) atoms. The molecule has 0 aromatic carbocycles. The molecule has 0 radical (unpaired) electrons. The van der Waals surface area contributed by atoms with Crippen LogP contribution in [0.25, 0.3) is 6.08 Å². The van der Waals surface area contributed by atoms with Gasteiger partial charge in [0.1, 0.15) is 0 Å². The van der Waals surface area contributed by atoms with Gasteiger partial charge in [0.2, 0.25) is 0 Å². The van der Waals surface area contributed by atoms with Crippen molar-refractivity contribution < 1.29 is 5.11 Å². The van der Waals surface area contributed by atoms with E-state index >= 15 is 0 Å². The number of aliphatic hydroxyl groups is 1. The van der Waals surface area contributed by atoms with E-state index in [0.717, 1.165) is 5.56 Å². The SMILES string of the molecule is C=Cc1cccnc1.CC(C)O. The molecule has 0 bridgehead atoms. The third-order valence-corrected chi connectivity index (χ3v) is 0.920. The molecule has 0 spiro atoms. The third-order valence-electron chi connectivity index (χ3n) is 0.920. The first kappa shape index (κ1) is 10.8. The molecule has 1 aromatic rings. The highest BCUT2D eigenvalue weighted by molar-refractivity contribution is 5.44. The molecular weight excluding hydrogens is 150 g/mol. The summed E-state index contributed by atoms with van der Waals surface area (Å²) in [7, 11) is 0. The zero-order valence-electron chi connectivity index (χ0n) is 7.57. The molecule has 0 fully saturated rings. The normalized spacial score (nSPS) is 8.67. The minimum absolute atomic E-state index is 0.167. The Hall–Kier alpha value is -1.15. The molecule has 1 heterocycles. The van der Waals surface area contributed by atoms with Gasteiger partial charge in [0.15, 0.2) is 0 Å². The van der Waals surface area contributed by atoms with Gasteiger partial charge in [-0.15, -0.1) is 0 Å². The second-order valence-electron chi connectivity index (χ2n) is 2.58. The van der Waals surface area contributed by atoms with Crippen LogP contribution in [-0.4, -0.2) is 16.2 Å². The molecular formula is C10H15NO. The molecule has 1 rings (SSSR count). The fourth-order valence-electron chi connectivity index (χ4n) is 0.497. The lowest BCUT2D eigenvalue weighted by molar-refractivity contribution is 0.216. The van der Waals surface area contributed by atoms with Crippen LogP contribution < -0.4 is 0 Å². The maximum atomic E-state index is 8.06. The van der Waals surface area contributed by atoms with Crippen LogP contribution in [0.2, 0.25) is 0 Å². The molecule has 0 atom stereocenters. The maximum Gasteiger partial charge on any atom is 0.0483 e. The van der Waals surface area contributed by atoms with Crippen LogP contribution in [0.1, 0.15) is 19.4 Å². The van der Waals surface area contributed by atoms with Gasteiger partial charge in [-0.25, -0.2) is 0 Å². The van der Waals surface area contributed by atoms with E-state index in [4.69, 9.17) is 5.11 Å². The van der Waals surface area contributed by atoms with Crippen LogP contribution in [0, 0.1) is 0 Å². The van der Waals surface area contributed by atoms with Gasteiger partial charge in [0, 0.05) is 18.5 Å². The van der Waals surface area contributed by atoms with Crippen LogP contribution in [0.3, 0.4) is 0 Å². The van der Waals surface area contributed by atoms with Crippen molar-refractivity contribution in [3.63, 3.8) is 0 Å². The topological polar surface area (TPSA) is 33.1 Å². The van der Waals surface area contributed by atoms with Gasteiger partial charge in [0.25, 0.3) is 0 Å². The number of hydrogen-bond acceptors (Lipinski definition) is 2. The summed E-state index contributed by atoms with van der Waals surface area (Å²) < 4.78 is 0. The first-order valence-corrected chi connectivity index (χ1v) is 3.87. The van der Waals surface area contributed by atoms with Gasteiger partial charge in [-0.3, -0.25) is 4.98 Å². The van der Waals surface area contributed by atoms with Crippen molar-refractivity contribution >= 4 is 6.08 Å².